The van der Waals surface area contributed by atoms with E-state index in [4.69, 9.17) is 15.2 Å². The highest BCUT2D eigenvalue weighted by Gasteiger charge is 2.44. The largest absolute Gasteiger partial charge is 0.459 e. The number of hydrogen-bond acceptors (Lipinski definition) is 8. The van der Waals surface area contributed by atoms with Gasteiger partial charge in [0.1, 0.15) is 29.1 Å². The summed E-state index contributed by atoms with van der Waals surface area (Å²) < 4.78 is 41.1. The molecule has 1 saturated heterocycles. The molecule has 0 spiro atoms. The first-order valence-electron chi connectivity index (χ1n) is 16.4. The maximum atomic E-state index is 15.1. The molecule has 264 valence electrons. The lowest BCUT2D eigenvalue weighted by Crippen LogP contribution is -2.34. The molecule has 2 aromatic heterocycles. The van der Waals surface area contributed by atoms with Crippen molar-refractivity contribution in [2.24, 2.45) is 11.8 Å². The smallest absolute Gasteiger partial charge is 0.338 e. The van der Waals surface area contributed by atoms with E-state index in [-0.39, 0.29) is 52.5 Å². The normalized spacial score (nSPS) is 17.7. The number of aromatic nitrogens is 2. The average Bonchev–Trinajstić information content (AvgIpc) is 3.70. The number of esters is 1. The summed E-state index contributed by atoms with van der Waals surface area (Å²) in [6, 6.07) is 21.0. The quantitative estimate of drug-likeness (QED) is 0.127. The molecule has 52 heavy (non-hydrogen) atoms. The molecule has 3 heterocycles. The van der Waals surface area contributed by atoms with Crippen molar-refractivity contribution in [2.75, 3.05) is 29.5 Å². The SMILES string of the molecule is Nc1ccc(C(=O)OC2CC3CN(C(=O)Nc4cc(Oc5ccc(NC(=O)c6cccn(-c7ccc(F)cc7)c6=O)cc5F)ccn4)CC3C2)cc1. The van der Waals surface area contributed by atoms with E-state index in [1.54, 1.807) is 29.2 Å². The first-order valence-corrected chi connectivity index (χ1v) is 16.4. The number of halogens is 2. The van der Waals surface area contributed by atoms with Crippen molar-refractivity contribution in [2.45, 2.75) is 18.9 Å². The highest BCUT2D eigenvalue weighted by atomic mass is 19.1. The summed E-state index contributed by atoms with van der Waals surface area (Å²) in [4.78, 5) is 57.4. The Hall–Kier alpha value is -6.57. The summed E-state index contributed by atoms with van der Waals surface area (Å²) in [5, 5.41) is 5.28. The van der Waals surface area contributed by atoms with Crippen molar-refractivity contribution in [1.29, 1.82) is 0 Å². The van der Waals surface area contributed by atoms with Gasteiger partial charge in [0.05, 0.1) is 5.56 Å². The molecule has 1 saturated carbocycles. The van der Waals surface area contributed by atoms with Crippen LogP contribution >= 0.6 is 0 Å². The molecule has 7 rings (SSSR count). The minimum absolute atomic E-state index is 0.0794. The second kappa shape index (κ2) is 14.3. The van der Waals surface area contributed by atoms with Crippen LogP contribution in [0, 0.1) is 23.5 Å². The third-order valence-corrected chi connectivity index (χ3v) is 9.10. The second-order valence-electron chi connectivity index (χ2n) is 12.6. The van der Waals surface area contributed by atoms with Gasteiger partial charge in [0.2, 0.25) is 0 Å². The number of pyridine rings is 2. The number of ether oxygens (including phenoxy) is 2. The van der Waals surface area contributed by atoms with Gasteiger partial charge in [0.25, 0.3) is 11.5 Å². The fourth-order valence-electron chi connectivity index (χ4n) is 6.54. The number of anilines is 3. The lowest BCUT2D eigenvalue weighted by molar-refractivity contribution is 0.0294. The Morgan fingerprint density at radius 1 is 0.865 bits per heavy atom. The standard InChI is InChI=1S/C38H32F2N6O6/c39-25-5-10-28(11-6-25)46-15-1-2-31(36(46)48)35(47)43-27-9-12-33(32(40)18-27)51-29-13-14-42-34(19-29)44-38(50)45-20-23-16-30(17-24(23)21-45)52-37(49)22-3-7-26(41)8-4-22/h1-15,18-19,23-24,30H,16-17,20-21,41H2,(H,43,47)(H,42,44,50). The van der Waals surface area contributed by atoms with E-state index in [0.717, 1.165) is 6.07 Å². The van der Waals surface area contributed by atoms with Gasteiger partial charge < -0.3 is 25.4 Å². The molecule has 1 aliphatic heterocycles. The topological polar surface area (TPSA) is 158 Å². The summed E-state index contributed by atoms with van der Waals surface area (Å²) in [5.41, 5.74) is 6.32. The molecule has 3 amide bonds. The number of amides is 3. The van der Waals surface area contributed by atoms with E-state index < -0.39 is 29.1 Å². The first-order chi connectivity index (χ1) is 25.1. The number of nitrogens with one attached hydrogen (secondary N) is 2. The summed E-state index contributed by atoms with van der Waals surface area (Å²) in [6.07, 6.45) is 3.96. The molecule has 2 aliphatic rings. The number of nitrogen functional groups attached to an aromatic ring is 1. The number of carbonyl (C=O) groups excluding carboxylic acids is 3. The number of urea groups is 1. The number of carbonyl (C=O) groups is 3. The molecule has 5 aromatic rings. The Morgan fingerprint density at radius 2 is 1.60 bits per heavy atom. The van der Waals surface area contributed by atoms with E-state index in [9.17, 15) is 23.6 Å². The van der Waals surface area contributed by atoms with E-state index in [1.807, 2.05) is 0 Å². The molecular weight excluding hydrogens is 674 g/mol. The minimum atomic E-state index is -0.793. The Kier molecular flexibility index (Phi) is 9.35. The van der Waals surface area contributed by atoms with Crippen molar-refractivity contribution in [3.8, 4) is 17.2 Å². The monoisotopic (exact) mass is 706 g/mol. The van der Waals surface area contributed by atoms with Crippen molar-refractivity contribution < 1.29 is 32.6 Å². The van der Waals surface area contributed by atoms with Crippen molar-refractivity contribution >= 4 is 35.1 Å². The van der Waals surface area contributed by atoms with Gasteiger partial charge in [-0.2, -0.15) is 0 Å². The van der Waals surface area contributed by atoms with Crippen LogP contribution in [0.5, 0.6) is 11.5 Å². The van der Waals surface area contributed by atoms with E-state index in [1.165, 1.54) is 77.6 Å². The predicted molar refractivity (Wildman–Crippen MR) is 188 cm³/mol. The van der Waals surface area contributed by atoms with Crippen LogP contribution in [0.2, 0.25) is 0 Å². The molecule has 1 aliphatic carbocycles. The zero-order chi connectivity index (χ0) is 36.4. The van der Waals surface area contributed by atoms with Crippen LogP contribution in [-0.2, 0) is 4.74 Å². The van der Waals surface area contributed by atoms with Gasteiger partial charge >= 0.3 is 12.0 Å². The average molecular weight is 707 g/mol. The molecule has 0 radical (unpaired) electrons. The van der Waals surface area contributed by atoms with Crippen molar-refractivity contribution in [3.63, 3.8) is 0 Å². The first kappa shape index (κ1) is 33.9. The summed E-state index contributed by atoms with van der Waals surface area (Å²) >= 11 is 0. The van der Waals surface area contributed by atoms with Crippen LogP contribution < -0.4 is 26.7 Å². The van der Waals surface area contributed by atoms with E-state index >= 15 is 4.39 Å². The third-order valence-electron chi connectivity index (χ3n) is 9.10. The van der Waals surface area contributed by atoms with E-state index in [0.29, 0.717) is 42.9 Å². The second-order valence-corrected chi connectivity index (χ2v) is 12.6. The molecule has 2 atom stereocenters. The van der Waals surface area contributed by atoms with E-state index in [2.05, 4.69) is 15.6 Å². The number of hydrogen-bond donors (Lipinski definition) is 3. The van der Waals surface area contributed by atoms with Gasteiger partial charge in [-0.3, -0.25) is 19.5 Å². The number of rotatable bonds is 8. The summed E-state index contributed by atoms with van der Waals surface area (Å²) in [7, 11) is 0. The highest BCUT2D eigenvalue weighted by molar-refractivity contribution is 6.04. The molecule has 3 aromatic carbocycles. The fourth-order valence-corrected chi connectivity index (χ4v) is 6.54. The van der Waals surface area contributed by atoms with Gasteiger partial charge in [-0.1, -0.05) is 0 Å². The van der Waals surface area contributed by atoms with Crippen LogP contribution in [0.3, 0.4) is 0 Å². The number of likely N-dealkylation sites (tertiary alicyclic amines) is 1. The Labute approximate surface area is 295 Å². The van der Waals surface area contributed by atoms with Gasteiger partial charge in [-0.15, -0.1) is 0 Å². The third kappa shape index (κ3) is 7.45. The van der Waals surface area contributed by atoms with Crippen LogP contribution in [0.25, 0.3) is 5.69 Å². The maximum Gasteiger partial charge on any atom is 0.338 e. The number of fused-ring (bicyclic) bond motifs is 1. The highest BCUT2D eigenvalue weighted by Crippen LogP contribution is 2.40. The number of benzene rings is 3. The zero-order valence-electron chi connectivity index (χ0n) is 27.5. The van der Waals surface area contributed by atoms with Gasteiger partial charge in [0, 0.05) is 54.7 Å². The number of nitrogens with two attached hydrogens (primary N) is 1. The summed E-state index contributed by atoms with van der Waals surface area (Å²) in [6.45, 7) is 1.01. The Bertz CT molecular complexity index is 2200. The lowest BCUT2D eigenvalue weighted by atomic mass is 10.0. The van der Waals surface area contributed by atoms with Crippen LogP contribution in [0.4, 0.5) is 30.8 Å². The number of nitrogens with zero attached hydrogens (tertiary/aromatic N) is 3. The van der Waals surface area contributed by atoms with Crippen LogP contribution in [0.15, 0.2) is 108 Å². The minimum Gasteiger partial charge on any atom is -0.459 e. The van der Waals surface area contributed by atoms with Crippen LogP contribution in [0.1, 0.15) is 33.6 Å². The van der Waals surface area contributed by atoms with Crippen molar-refractivity contribution in [3.05, 3.63) is 137 Å². The Morgan fingerprint density at radius 3 is 2.31 bits per heavy atom. The van der Waals surface area contributed by atoms with Crippen molar-refractivity contribution in [1.82, 2.24) is 14.5 Å². The van der Waals surface area contributed by atoms with Crippen LogP contribution in [-0.4, -0.2) is 51.6 Å². The summed E-state index contributed by atoms with van der Waals surface area (Å²) in [5.74, 6) is -1.77. The molecule has 2 unspecified atom stereocenters. The molecule has 12 nitrogen and oxygen atoms in total. The van der Waals surface area contributed by atoms with Gasteiger partial charge in [-0.05, 0) is 104 Å². The molecular formula is C38H32F2N6O6. The predicted octanol–water partition coefficient (Wildman–Crippen LogP) is 6.24. The molecule has 2 fully saturated rings. The lowest BCUT2D eigenvalue weighted by Gasteiger charge is -2.20. The zero-order valence-corrected chi connectivity index (χ0v) is 27.5. The molecule has 4 N–H and O–H groups in total. The Balaban J connectivity index is 0.923. The maximum absolute atomic E-state index is 15.1. The van der Waals surface area contributed by atoms with Gasteiger partial charge in [0.15, 0.2) is 11.6 Å². The fraction of sp³-hybridized carbons (Fsp3) is 0.184. The molecule has 0 bridgehead atoms. The van der Waals surface area contributed by atoms with Gasteiger partial charge in [-0.25, -0.2) is 23.4 Å². The molecule has 14 heteroatoms.